The molecule has 1 aliphatic heterocycles. The van der Waals surface area contributed by atoms with Gasteiger partial charge >= 0.3 is 0 Å². The molecule has 3 aromatic rings. The lowest BCUT2D eigenvalue weighted by Crippen LogP contribution is -2.31. The van der Waals surface area contributed by atoms with Crippen molar-refractivity contribution in [3.63, 3.8) is 0 Å². The Labute approximate surface area is 142 Å². The first-order chi connectivity index (χ1) is 11.7. The monoisotopic (exact) mass is 344 g/mol. The van der Waals surface area contributed by atoms with E-state index in [9.17, 15) is 4.79 Å². The van der Waals surface area contributed by atoms with Crippen molar-refractivity contribution in [3.8, 4) is 0 Å². The van der Waals surface area contributed by atoms with Crippen molar-refractivity contribution in [3.05, 3.63) is 40.7 Å². The van der Waals surface area contributed by atoms with Gasteiger partial charge in [-0.15, -0.1) is 10.2 Å². The molecule has 4 heterocycles. The third-order valence-electron chi connectivity index (χ3n) is 4.18. The van der Waals surface area contributed by atoms with Crippen molar-refractivity contribution in [1.82, 2.24) is 39.0 Å². The molecule has 10 heteroatoms. The number of amides is 1. The largest absolute Gasteiger partial charge is 0.333 e. The molecule has 0 spiro atoms. The zero-order valence-corrected chi connectivity index (χ0v) is 14.0. The standard InChI is InChI=1S/C14H16N8OS/c1-10-5-16-18-22(10)6-11-13-7-20(3-2-4-21(13)9-15-11)14(23)12-8-24-19-17-12/h5,8-9H,2-4,6-7H2,1H3. The lowest BCUT2D eigenvalue weighted by Gasteiger charge is -2.19. The minimum absolute atomic E-state index is 0.0821. The molecule has 9 nitrogen and oxygen atoms in total. The number of fused-ring (bicyclic) bond motifs is 1. The van der Waals surface area contributed by atoms with Gasteiger partial charge in [0.1, 0.15) is 0 Å². The molecule has 24 heavy (non-hydrogen) atoms. The molecule has 1 aliphatic rings. The first-order valence-corrected chi connectivity index (χ1v) is 8.50. The molecule has 0 radical (unpaired) electrons. The van der Waals surface area contributed by atoms with Gasteiger partial charge in [0, 0.05) is 18.5 Å². The molecule has 0 bridgehead atoms. The number of nitrogens with zero attached hydrogens (tertiary/aromatic N) is 8. The van der Waals surface area contributed by atoms with Crippen LogP contribution < -0.4 is 0 Å². The smallest absolute Gasteiger partial charge is 0.275 e. The molecule has 0 saturated heterocycles. The second-order valence-electron chi connectivity index (χ2n) is 5.73. The summed E-state index contributed by atoms with van der Waals surface area (Å²) in [5.74, 6) is -0.0821. The van der Waals surface area contributed by atoms with Crippen LogP contribution in [0.4, 0.5) is 0 Å². The maximum absolute atomic E-state index is 12.6. The van der Waals surface area contributed by atoms with Crippen LogP contribution in [0.1, 0.15) is 34.0 Å². The number of carbonyl (C=O) groups is 1. The Morgan fingerprint density at radius 2 is 2.29 bits per heavy atom. The first-order valence-electron chi connectivity index (χ1n) is 7.66. The molecular weight excluding hydrogens is 328 g/mol. The third-order valence-corrected chi connectivity index (χ3v) is 4.68. The van der Waals surface area contributed by atoms with Gasteiger partial charge in [-0.2, -0.15) is 0 Å². The molecule has 0 atom stereocenters. The molecule has 4 rings (SSSR count). The molecule has 0 unspecified atom stereocenters. The Hall–Kier alpha value is -2.62. The normalized spacial score (nSPS) is 14.5. The maximum Gasteiger partial charge on any atom is 0.275 e. The fourth-order valence-corrected chi connectivity index (χ4v) is 3.28. The van der Waals surface area contributed by atoms with E-state index >= 15 is 0 Å². The number of hydrogen-bond acceptors (Lipinski definition) is 7. The fraction of sp³-hybridized carbons (Fsp3) is 0.429. The summed E-state index contributed by atoms with van der Waals surface area (Å²) in [5.41, 5.74) is 3.34. The van der Waals surface area contributed by atoms with Crippen molar-refractivity contribution in [2.45, 2.75) is 33.0 Å². The van der Waals surface area contributed by atoms with Crippen LogP contribution in [0.15, 0.2) is 17.9 Å². The lowest BCUT2D eigenvalue weighted by atomic mass is 10.2. The Kier molecular flexibility index (Phi) is 3.81. The predicted octanol–water partition coefficient (Wildman–Crippen LogP) is 0.729. The Morgan fingerprint density at radius 3 is 3.04 bits per heavy atom. The van der Waals surface area contributed by atoms with E-state index in [4.69, 9.17) is 0 Å². The third kappa shape index (κ3) is 2.68. The summed E-state index contributed by atoms with van der Waals surface area (Å²) < 4.78 is 7.71. The molecule has 0 N–H and O–H groups in total. The minimum Gasteiger partial charge on any atom is -0.333 e. The van der Waals surface area contributed by atoms with Gasteiger partial charge in [0.15, 0.2) is 5.69 Å². The molecule has 124 valence electrons. The summed E-state index contributed by atoms with van der Waals surface area (Å²) in [6, 6.07) is 0. The SMILES string of the molecule is Cc1cnnn1Cc1ncn2c1CN(C(=O)c1csnn1)CCC2. The van der Waals surface area contributed by atoms with Crippen LogP contribution in [0.2, 0.25) is 0 Å². The minimum atomic E-state index is -0.0821. The summed E-state index contributed by atoms with van der Waals surface area (Å²) >= 11 is 1.19. The van der Waals surface area contributed by atoms with Gasteiger partial charge in [-0.3, -0.25) is 4.79 Å². The highest BCUT2D eigenvalue weighted by Gasteiger charge is 2.24. The van der Waals surface area contributed by atoms with Gasteiger partial charge in [0.2, 0.25) is 0 Å². The summed E-state index contributed by atoms with van der Waals surface area (Å²) in [6.45, 7) is 4.56. The van der Waals surface area contributed by atoms with E-state index in [0.717, 1.165) is 30.0 Å². The van der Waals surface area contributed by atoms with Gasteiger partial charge in [-0.05, 0) is 24.9 Å². The number of aromatic nitrogens is 7. The summed E-state index contributed by atoms with van der Waals surface area (Å²) in [7, 11) is 0. The highest BCUT2D eigenvalue weighted by atomic mass is 32.1. The average molecular weight is 344 g/mol. The van der Waals surface area contributed by atoms with Crippen molar-refractivity contribution in [2.75, 3.05) is 6.54 Å². The lowest BCUT2D eigenvalue weighted by molar-refractivity contribution is 0.0739. The van der Waals surface area contributed by atoms with E-state index in [1.54, 1.807) is 11.6 Å². The predicted molar refractivity (Wildman–Crippen MR) is 85.4 cm³/mol. The van der Waals surface area contributed by atoms with Crippen LogP contribution in [-0.2, 0) is 19.6 Å². The second kappa shape index (κ2) is 6.11. The average Bonchev–Trinajstić information content (AvgIpc) is 3.29. The molecule has 3 aromatic heterocycles. The summed E-state index contributed by atoms with van der Waals surface area (Å²) in [6.07, 6.45) is 4.45. The van der Waals surface area contributed by atoms with Crippen LogP contribution >= 0.6 is 11.5 Å². The molecule has 0 saturated carbocycles. The number of carbonyl (C=O) groups excluding carboxylic acids is 1. The number of hydrogen-bond donors (Lipinski definition) is 0. The van der Waals surface area contributed by atoms with Crippen LogP contribution in [0.3, 0.4) is 0 Å². The highest BCUT2D eigenvalue weighted by molar-refractivity contribution is 7.03. The number of rotatable bonds is 3. The van der Waals surface area contributed by atoms with Gasteiger partial charge in [0.25, 0.3) is 5.91 Å². The summed E-state index contributed by atoms with van der Waals surface area (Å²) in [5, 5.41) is 13.6. The van der Waals surface area contributed by atoms with Gasteiger partial charge in [-0.1, -0.05) is 9.70 Å². The van der Waals surface area contributed by atoms with Crippen LogP contribution in [0, 0.1) is 6.92 Å². The van der Waals surface area contributed by atoms with E-state index in [0.29, 0.717) is 25.3 Å². The molecule has 0 fully saturated rings. The van der Waals surface area contributed by atoms with Crippen molar-refractivity contribution < 1.29 is 4.79 Å². The molecule has 0 aromatic carbocycles. The van der Waals surface area contributed by atoms with E-state index in [1.807, 2.05) is 22.8 Å². The van der Waals surface area contributed by atoms with Crippen molar-refractivity contribution in [1.29, 1.82) is 0 Å². The zero-order chi connectivity index (χ0) is 16.5. The fourth-order valence-electron chi connectivity index (χ4n) is 2.85. The number of aryl methyl sites for hydroxylation is 2. The van der Waals surface area contributed by atoms with Crippen LogP contribution in [0.25, 0.3) is 0 Å². The Balaban J connectivity index is 1.61. The van der Waals surface area contributed by atoms with Gasteiger partial charge < -0.3 is 9.47 Å². The second-order valence-corrected chi connectivity index (χ2v) is 6.34. The van der Waals surface area contributed by atoms with E-state index in [-0.39, 0.29) is 5.91 Å². The Morgan fingerprint density at radius 1 is 1.38 bits per heavy atom. The van der Waals surface area contributed by atoms with Crippen molar-refractivity contribution >= 4 is 17.4 Å². The topological polar surface area (TPSA) is 94.6 Å². The first kappa shape index (κ1) is 14.9. The van der Waals surface area contributed by atoms with E-state index in [2.05, 4.69) is 29.5 Å². The molecular formula is C14H16N8OS. The van der Waals surface area contributed by atoms with E-state index < -0.39 is 0 Å². The molecule has 0 aliphatic carbocycles. The highest BCUT2D eigenvalue weighted by Crippen LogP contribution is 2.19. The van der Waals surface area contributed by atoms with Crippen LogP contribution in [0.5, 0.6) is 0 Å². The van der Waals surface area contributed by atoms with Crippen LogP contribution in [-0.4, -0.2) is 51.5 Å². The zero-order valence-electron chi connectivity index (χ0n) is 13.2. The number of imidazole rings is 1. The quantitative estimate of drug-likeness (QED) is 0.695. The Bertz CT molecular complexity index is 852. The van der Waals surface area contributed by atoms with Crippen molar-refractivity contribution in [2.24, 2.45) is 0 Å². The van der Waals surface area contributed by atoms with Gasteiger partial charge in [-0.25, -0.2) is 9.67 Å². The van der Waals surface area contributed by atoms with E-state index in [1.165, 1.54) is 11.5 Å². The van der Waals surface area contributed by atoms with Gasteiger partial charge in [0.05, 0.1) is 42.7 Å². The maximum atomic E-state index is 12.6. The molecule has 1 amide bonds. The summed E-state index contributed by atoms with van der Waals surface area (Å²) in [4.78, 5) is 18.9.